The van der Waals surface area contributed by atoms with Crippen LogP contribution in [0.1, 0.15) is 39.0 Å². The number of nitriles is 1. The lowest BCUT2D eigenvalue weighted by Gasteiger charge is -2.32. The van der Waals surface area contributed by atoms with Crippen LogP contribution in [0.3, 0.4) is 0 Å². The van der Waals surface area contributed by atoms with E-state index in [0.29, 0.717) is 28.6 Å². The number of hydrogen-bond donors (Lipinski definition) is 1. The molecule has 0 unspecified atom stereocenters. The van der Waals surface area contributed by atoms with Gasteiger partial charge in [0.15, 0.2) is 6.10 Å². The van der Waals surface area contributed by atoms with Crippen molar-refractivity contribution in [1.82, 2.24) is 5.32 Å². The van der Waals surface area contributed by atoms with E-state index >= 15 is 0 Å². The lowest BCUT2D eigenvalue weighted by Crippen LogP contribution is -2.52. The third-order valence-electron chi connectivity index (χ3n) is 3.86. The summed E-state index contributed by atoms with van der Waals surface area (Å²) in [6.45, 7) is 1.64. The molecule has 0 spiro atoms. The van der Waals surface area contributed by atoms with Crippen molar-refractivity contribution in [2.75, 3.05) is 0 Å². The van der Waals surface area contributed by atoms with Crippen LogP contribution in [0.5, 0.6) is 5.75 Å². The van der Waals surface area contributed by atoms with Gasteiger partial charge in [0, 0.05) is 6.07 Å². The lowest BCUT2D eigenvalue weighted by molar-refractivity contribution is -0.129. The number of ether oxygens (including phenoxy) is 1. The van der Waals surface area contributed by atoms with Crippen LogP contribution in [0.2, 0.25) is 10.0 Å². The van der Waals surface area contributed by atoms with Gasteiger partial charge in [-0.2, -0.15) is 5.26 Å². The zero-order valence-electron chi connectivity index (χ0n) is 12.4. The zero-order chi connectivity index (χ0) is 16.2. The van der Waals surface area contributed by atoms with Crippen molar-refractivity contribution in [3.05, 3.63) is 28.2 Å². The third-order valence-corrected chi connectivity index (χ3v) is 4.60. The first-order chi connectivity index (χ1) is 10.5. The molecule has 1 aromatic carbocycles. The van der Waals surface area contributed by atoms with Gasteiger partial charge in [0.05, 0.1) is 16.1 Å². The van der Waals surface area contributed by atoms with Gasteiger partial charge in [-0.1, -0.05) is 42.5 Å². The predicted octanol–water partition coefficient (Wildman–Crippen LogP) is 4.10. The first kappa shape index (κ1) is 16.9. The molecule has 118 valence electrons. The van der Waals surface area contributed by atoms with Crippen molar-refractivity contribution in [2.45, 2.75) is 50.7 Å². The smallest absolute Gasteiger partial charge is 0.262 e. The minimum atomic E-state index is -0.759. The van der Waals surface area contributed by atoms with E-state index < -0.39 is 11.6 Å². The normalized spacial score (nSPS) is 18.1. The van der Waals surface area contributed by atoms with Gasteiger partial charge in [0.1, 0.15) is 11.3 Å². The summed E-state index contributed by atoms with van der Waals surface area (Å²) in [5, 5.41) is 13.0. The van der Waals surface area contributed by atoms with E-state index in [1.165, 1.54) is 0 Å². The van der Waals surface area contributed by atoms with Crippen LogP contribution in [0.25, 0.3) is 0 Å². The molecule has 1 fully saturated rings. The van der Waals surface area contributed by atoms with Crippen LogP contribution in [-0.2, 0) is 4.79 Å². The number of carbonyl (C=O) groups excluding carboxylic acids is 1. The minimum absolute atomic E-state index is 0.297. The van der Waals surface area contributed by atoms with Crippen molar-refractivity contribution in [2.24, 2.45) is 0 Å². The fraction of sp³-hybridized carbons (Fsp3) is 0.500. The number of nitrogens with one attached hydrogen (secondary N) is 1. The Balaban J connectivity index is 1.99. The Bertz CT molecular complexity index is 592. The summed E-state index contributed by atoms with van der Waals surface area (Å²) >= 11 is 11.8. The summed E-state index contributed by atoms with van der Waals surface area (Å²) in [6.07, 6.45) is 3.67. The van der Waals surface area contributed by atoms with E-state index in [9.17, 15) is 10.1 Å². The van der Waals surface area contributed by atoms with Crippen molar-refractivity contribution in [3.63, 3.8) is 0 Å². The zero-order valence-corrected chi connectivity index (χ0v) is 13.9. The van der Waals surface area contributed by atoms with Crippen molar-refractivity contribution in [1.29, 1.82) is 5.26 Å². The maximum absolute atomic E-state index is 12.3. The average Bonchev–Trinajstić information content (AvgIpc) is 2.51. The molecular formula is C16H18Cl2N2O2. The van der Waals surface area contributed by atoms with E-state index in [1.807, 2.05) is 0 Å². The second-order valence-electron chi connectivity index (χ2n) is 5.58. The quantitative estimate of drug-likeness (QED) is 0.897. The van der Waals surface area contributed by atoms with Crippen molar-refractivity contribution >= 4 is 29.1 Å². The first-order valence-electron chi connectivity index (χ1n) is 7.31. The van der Waals surface area contributed by atoms with Crippen LogP contribution >= 0.6 is 23.2 Å². The number of nitrogens with zero attached hydrogens (tertiary/aromatic N) is 1. The number of hydrogen-bond acceptors (Lipinski definition) is 3. The van der Waals surface area contributed by atoms with Gasteiger partial charge >= 0.3 is 0 Å². The third kappa shape index (κ3) is 4.06. The maximum atomic E-state index is 12.3. The highest BCUT2D eigenvalue weighted by Gasteiger charge is 2.35. The van der Waals surface area contributed by atoms with Gasteiger partial charge in [0.2, 0.25) is 0 Å². The standard InChI is InChI=1S/C16H18Cl2N2O2/c1-11(22-12-5-6-13(17)14(18)9-12)15(21)20-16(10-19)7-3-2-4-8-16/h5-6,9,11H,2-4,7-8H2,1H3,(H,20,21)/t11-/m1/s1. The first-order valence-corrected chi connectivity index (χ1v) is 8.06. The van der Waals surface area contributed by atoms with Gasteiger partial charge < -0.3 is 10.1 Å². The number of halogens is 2. The molecule has 0 bridgehead atoms. The van der Waals surface area contributed by atoms with Gasteiger partial charge in [-0.05, 0) is 31.9 Å². The molecule has 4 nitrogen and oxygen atoms in total. The highest BCUT2D eigenvalue weighted by molar-refractivity contribution is 6.42. The SMILES string of the molecule is C[C@@H](Oc1ccc(Cl)c(Cl)c1)C(=O)NC1(C#N)CCCCC1. The van der Waals surface area contributed by atoms with Gasteiger partial charge in [-0.3, -0.25) is 4.79 Å². The second kappa shape index (κ2) is 7.21. The topological polar surface area (TPSA) is 62.1 Å². The molecule has 0 saturated heterocycles. The lowest BCUT2D eigenvalue weighted by atomic mass is 9.83. The van der Waals surface area contributed by atoms with Crippen LogP contribution in [-0.4, -0.2) is 17.6 Å². The van der Waals surface area contributed by atoms with Gasteiger partial charge in [-0.15, -0.1) is 0 Å². The van der Waals surface area contributed by atoms with E-state index in [1.54, 1.807) is 25.1 Å². The Hall–Kier alpha value is -1.44. The Kier molecular flexibility index (Phi) is 5.55. The Morgan fingerprint density at radius 3 is 2.59 bits per heavy atom. The Morgan fingerprint density at radius 2 is 2.00 bits per heavy atom. The molecule has 1 aromatic rings. The molecule has 0 aliphatic heterocycles. The van der Waals surface area contributed by atoms with Gasteiger partial charge in [0.25, 0.3) is 5.91 Å². The fourth-order valence-electron chi connectivity index (χ4n) is 2.57. The monoisotopic (exact) mass is 340 g/mol. The summed E-state index contributed by atoms with van der Waals surface area (Å²) in [5.41, 5.74) is -0.759. The molecule has 22 heavy (non-hydrogen) atoms. The molecule has 2 rings (SSSR count). The summed E-state index contributed by atoms with van der Waals surface area (Å²) < 4.78 is 5.58. The molecular weight excluding hydrogens is 323 g/mol. The highest BCUT2D eigenvalue weighted by atomic mass is 35.5. The van der Waals surface area contributed by atoms with Gasteiger partial charge in [-0.25, -0.2) is 0 Å². The number of benzene rings is 1. The predicted molar refractivity (Wildman–Crippen MR) is 86.1 cm³/mol. The molecule has 1 amide bonds. The van der Waals surface area contributed by atoms with E-state index in [2.05, 4.69) is 11.4 Å². The van der Waals surface area contributed by atoms with Crippen LogP contribution < -0.4 is 10.1 Å². The van der Waals surface area contributed by atoms with E-state index in [4.69, 9.17) is 27.9 Å². The average molecular weight is 341 g/mol. The maximum Gasteiger partial charge on any atom is 0.262 e. The Labute approximate surface area is 140 Å². The Morgan fingerprint density at radius 1 is 1.32 bits per heavy atom. The number of carbonyl (C=O) groups is 1. The largest absolute Gasteiger partial charge is 0.481 e. The molecule has 0 aromatic heterocycles. The van der Waals surface area contributed by atoms with Crippen molar-refractivity contribution < 1.29 is 9.53 Å². The van der Waals surface area contributed by atoms with Crippen LogP contribution in [0.4, 0.5) is 0 Å². The number of amides is 1. The second-order valence-corrected chi connectivity index (χ2v) is 6.39. The summed E-state index contributed by atoms with van der Waals surface area (Å²) in [5.74, 6) is 0.168. The molecule has 0 radical (unpaired) electrons. The molecule has 1 atom stereocenters. The minimum Gasteiger partial charge on any atom is -0.481 e. The van der Waals surface area contributed by atoms with E-state index in [0.717, 1.165) is 19.3 Å². The molecule has 1 aliphatic carbocycles. The summed E-state index contributed by atoms with van der Waals surface area (Å²) in [6, 6.07) is 7.09. The molecule has 6 heteroatoms. The van der Waals surface area contributed by atoms with Crippen LogP contribution in [0.15, 0.2) is 18.2 Å². The van der Waals surface area contributed by atoms with Crippen LogP contribution in [0, 0.1) is 11.3 Å². The molecule has 1 N–H and O–H groups in total. The molecule has 1 aliphatic rings. The van der Waals surface area contributed by atoms with Crippen molar-refractivity contribution in [3.8, 4) is 11.8 Å². The molecule has 1 saturated carbocycles. The molecule has 0 heterocycles. The fourth-order valence-corrected chi connectivity index (χ4v) is 2.85. The highest BCUT2D eigenvalue weighted by Crippen LogP contribution is 2.29. The summed E-state index contributed by atoms with van der Waals surface area (Å²) in [4.78, 5) is 12.3. The van der Waals surface area contributed by atoms with E-state index in [-0.39, 0.29) is 5.91 Å². The number of rotatable bonds is 4. The summed E-state index contributed by atoms with van der Waals surface area (Å²) in [7, 11) is 0.